The molecule has 5 nitrogen and oxygen atoms in total. The summed E-state index contributed by atoms with van der Waals surface area (Å²) < 4.78 is 0. The van der Waals surface area contributed by atoms with Gasteiger partial charge in [-0.25, -0.2) is 0 Å². The number of hydrogen-bond acceptors (Lipinski definition) is 5. The summed E-state index contributed by atoms with van der Waals surface area (Å²) in [7, 11) is 5.30. The van der Waals surface area contributed by atoms with Gasteiger partial charge < -0.3 is 16.0 Å². The van der Waals surface area contributed by atoms with E-state index in [1.165, 1.54) is 0 Å². The molecule has 0 aromatic carbocycles. The number of ketones is 2. The van der Waals surface area contributed by atoms with Crippen molar-refractivity contribution < 1.29 is 9.59 Å². The fourth-order valence-corrected chi connectivity index (χ4v) is 1.70. The first-order chi connectivity index (χ1) is 8.96. The predicted octanol–water partition coefficient (Wildman–Crippen LogP) is 0.614. The van der Waals surface area contributed by atoms with Crippen molar-refractivity contribution in [2.24, 2.45) is 0 Å². The minimum atomic E-state index is -0.252. The molecular weight excluding hydrogens is 242 g/mol. The molecule has 0 radical (unpaired) electrons. The summed E-state index contributed by atoms with van der Waals surface area (Å²) in [6.45, 7) is 5.62. The van der Waals surface area contributed by atoms with Gasteiger partial charge in [-0.2, -0.15) is 0 Å². The van der Waals surface area contributed by atoms with Crippen molar-refractivity contribution in [2.75, 3.05) is 21.1 Å². The standard InChI is InChI=1S/C14H27N3O2/c1-10(15-3)6-8-14(19)12(17-5)7-9-13(18)11(2)16-4/h11-12,15-17H,1,6-9H2,2-5H3. The second-order valence-electron chi connectivity index (χ2n) is 4.68. The second kappa shape index (κ2) is 9.69. The van der Waals surface area contributed by atoms with E-state index in [4.69, 9.17) is 0 Å². The van der Waals surface area contributed by atoms with E-state index in [-0.39, 0.29) is 23.7 Å². The largest absolute Gasteiger partial charge is 0.392 e. The van der Waals surface area contributed by atoms with Gasteiger partial charge in [-0.1, -0.05) is 6.58 Å². The molecule has 0 rings (SSSR count). The first kappa shape index (κ1) is 17.8. The van der Waals surface area contributed by atoms with Gasteiger partial charge in [0.1, 0.15) is 11.6 Å². The van der Waals surface area contributed by atoms with Crippen LogP contribution in [0.1, 0.15) is 32.6 Å². The van der Waals surface area contributed by atoms with Crippen molar-refractivity contribution in [3.63, 3.8) is 0 Å². The molecule has 0 saturated carbocycles. The molecule has 5 heteroatoms. The molecular formula is C14H27N3O2. The third-order valence-corrected chi connectivity index (χ3v) is 3.36. The number of allylic oxidation sites excluding steroid dienone is 1. The Labute approximate surface area is 116 Å². The van der Waals surface area contributed by atoms with Crippen molar-refractivity contribution in [3.05, 3.63) is 12.3 Å². The maximum absolute atomic E-state index is 12.0. The van der Waals surface area contributed by atoms with Gasteiger partial charge in [-0.15, -0.1) is 0 Å². The number of likely N-dealkylation sites (N-methyl/N-ethyl adjacent to an activating group) is 2. The van der Waals surface area contributed by atoms with Crippen LogP contribution in [0.3, 0.4) is 0 Å². The number of rotatable bonds is 11. The number of carbonyl (C=O) groups is 2. The van der Waals surface area contributed by atoms with Gasteiger partial charge in [0.05, 0.1) is 12.1 Å². The zero-order valence-electron chi connectivity index (χ0n) is 12.5. The zero-order valence-corrected chi connectivity index (χ0v) is 12.5. The van der Waals surface area contributed by atoms with E-state index in [1.54, 1.807) is 21.1 Å². The van der Waals surface area contributed by atoms with E-state index in [2.05, 4.69) is 22.5 Å². The van der Waals surface area contributed by atoms with Gasteiger partial charge in [0, 0.05) is 25.6 Å². The highest BCUT2D eigenvalue weighted by Gasteiger charge is 2.19. The van der Waals surface area contributed by atoms with E-state index < -0.39 is 0 Å². The van der Waals surface area contributed by atoms with Crippen molar-refractivity contribution in [1.82, 2.24) is 16.0 Å². The monoisotopic (exact) mass is 269 g/mol. The Morgan fingerprint density at radius 1 is 1.00 bits per heavy atom. The highest BCUT2D eigenvalue weighted by molar-refractivity contribution is 5.87. The molecule has 110 valence electrons. The fourth-order valence-electron chi connectivity index (χ4n) is 1.70. The van der Waals surface area contributed by atoms with Crippen LogP contribution in [0.25, 0.3) is 0 Å². The van der Waals surface area contributed by atoms with E-state index in [1.807, 2.05) is 6.92 Å². The quantitative estimate of drug-likeness (QED) is 0.513. The zero-order chi connectivity index (χ0) is 14.8. The Hall–Kier alpha value is -1.20. The summed E-state index contributed by atoms with van der Waals surface area (Å²) in [5.41, 5.74) is 0.850. The first-order valence-electron chi connectivity index (χ1n) is 6.71. The highest BCUT2D eigenvalue weighted by atomic mass is 16.1. The molecule has 0 bridgehead atoms. The molecule has 0 heterocycles. The van der Waals surface area contributed by atoms with Crippen molar-refractivity contribution in [2.45, 2.75) is 44.7 Å². The lowest BCUT2D eigenvalue weighted by Crippen LogP contribution is -2.37. The average Bonchev–Trinajstić information content (AvgIpc) is 2.43. The normalized spacial score (nSPS) is 13.7. The number of Topliss-reactive ketones (excluding diaryl/α,β-unsaturated/α-hetero) is 2. The molecule has 0 aromatic heterocycles. The molecule has 2 unspecified atom stereocenters. The number of hydrogen-bond donors (Lipinski definition) is 3. The van der Waals surface area contributed by atoms with Crippen molar-refractivity contribution >= 4 is 11.6 Å². The lowest BCUT2D eigenvalue weighted by atomic mass is 9.99. The molecule has 0 aliphatic heterocycles. The van der Waals surface area contributed by atoms with Crippen LogP contribution in [0, 0.1) is 0 Å². The van der Waals surface area contributed by atoms with E-state index in [9.17, 15) is 9.59 Å². The Morgan fingerprint density at radius 3 is 2.11 bits per heavy atom. The molecule has 2 atom stereocenters. The molecule has 0 aliphatic carbocycles. The molecule has 0 aromatic rings. The van der Waals surface area contributed by atoms with Gasteiger partial charge in [-0.05, 0) is 33.9 Å². The maximum Gasteiger partial charge on any atom is 0.150 e. The molecule has 0 spiro atoms. The molecule has 0 aliphatic rings. The van der Waals surface area contributed by atoms with Crippen molar-refractivity contribution in [1.29, 1.82) is 0 Å². The summed E-state index contributed by atoms with van der Waals surface area (Å²) in [4.78, 5) is 23.7. The third-order valence-electron chi connectivity index (χ3n) is 3.36. The van der Waals surface area contributed by atoms with Crippen LogP contribution in [0.5, 0.6) is 0 Å². The van der Waals surface area contributed by atoms with Gasteiger partial charge in [0.25, 0.3) is 0 Å². The van der Waals surface area contributed by atoms with Crippen LogP contribution in [0.15, 0.2) is 12.3 Å². The topological polar surface area (TPSA) is 70.2 Å². The lowest BCUT2D eigenvalue weighted by molar-refractivity contribution is -0.122. The molecule has 0 saturated heterocycles. The van der Waals surface area contributed by atoms with Crippen LogP contribution >= 0.6 is 0 Å². The summed E-state index contributed by atoms with van der Waals surface area (Å²) in [6.07, 6.45) is 2.04. The van der Waals surface area contributed by atoms with Crippen LogP contribution in [0.4, 0.5) is 0 Å². The summed E-state index contributed by atoms with van der Waals surface area (Å²) in [5, 5.41) is 8.81. The summed E-state index contributed by atoms with van der Waals surface area (Å²) >= 11 is 0. The van der Waals surface area contributed by atoms with E-state index in [0.717, 1.165) is 5.70 Å². The second-order valence-corrected chi connectivity index (χ2v) is 4.68. The smallest absolute Gasteiger partial charge is 0.150 e. The minimum absolute atomic E-state index is 0.129. The highest BCUT2D eigenvalue weighted by Crippen LogP contribution is 2.07. The number of nitrogens with one attached hydrogen (secondary N) is 3. The van der Waals surface area contributed by atoms with Gasteiger partial charge in [0.15, 0.2) is 0 Å². The third kappa shape index (κ3) is 7.08. The van der Waals surface area contributed by atoms with Crippen molar-refractivity contribution in [3.8, 4) is 0 Å². The fraction of sp³-hybridized carbons (Fsp3) is 0.714. The first-order valence-corrected chi connectivity index (χ1v) is 6.71. The minimum Gasteiger partial charge on any atom is -0.392 e. The van der Waals surface area contributed by atoms with Gasteiger partial charge in [-0.3, -0.25) is 9.59 Å². The van der Waals surface area contributed by atoms with Crippen LogP contribution in [-0.4, -0.2) is 44.8 Å². The lowest BCUT2D eigenvalue weighted by Gasteiger charge is -2.16. The van der Waals surface area contributed by atoms with Gasteiger partial charge >= 0.3 is 0 Å². The van der Waals surface area contributed by atoms with Crippen LogP contribution in [-0.2, 0) is 9.59 Å². The molecule has 19 heavy (non-hydrogen) atoms. The summed E-state index contributed by atoms with van der Waals surface area (Å²) in [5.74, 6) is 0.263. The van der Waals surface area contributed by atoms with E-state index in [0.29, 0.717) is 25.7 Å². The molecule has 3 N–H and O–H groups in total. The maximum atomic E-state index is 12.0. The van der Waals surface area contributed by atoms with Gasteiger partial charge in [0.2, 0.25) is 0 Å². The average molecular weight is 269 g/mol. The summed E-state index contributed by atoms with van der Waals surface area (Å²) in [6, 6.07) is -0.408. The molecule has 0 fully saturated rings. The molecule has 0 amide bonds. The van der Waals surface area contributed by atoms with Crippen LogP contribution in [0.2, 0.25) is 0 Å². The Kier molecular flexibility index (Phi) is 9.08. The SMILES string of the molecule is C=C(CCC(=O)C(CCC(=O)C(C)NC)NC)NC. The van der Waals surface area contributed by atoms with E-state index >= 15 is 0 Å². The number of carbonyl (C=O) groups excluding carboxylic acids is 2. The predicted molar refractivity (Wildman–Crippen MR) is 78.1 cm³/mol. The Balaban J connectivity index is 4.16. The Bertz CT molecular complexity index is 316. The Morgan fingerprint density at radius 2 is 1.63 bits per heavy atom. The van der Waals surface area contributed by atoms with Crippen LogP contribution < -0.4 is 16.0 Å².